The summed E-state index contributed by atoms with van der Waals surface area (Å²) in [5.41, 5.74) is 0.851. The van der Waals surface area contributed by atoms with Crippen molar-refractivity contribution in [2.24, 2.45) is 5.92 Å². The molecule has 0 heterocycles. The van der Waals surface area contributed by atoms with E-state index < -0.39 is 11.9 Å². The first-order valence-corrected chi connectivity index (χ1v) is 6.48. The third-order valence-corrected chi connectivity index (χ3v) is 3.31. The van der Waals surface area contributed by atoms with Crippen LogP contribution in [-0.4, -0.2) is 42.6 Å². The van der Waals surface area contributed by atoms with E-state index in [4.69, 9.17) is 9.84 Å². The van der Waals surface area contributed by atoms with E-state index in [9.17, 15) is 9.59 Å². The molecule has 0 aliphatic rings. The number of carboxylic acids is 1. The Morgan fingerprint density at radius 2 is 2.00 bits per heavy atom. The van der Waals surface area contributed by atoms with E-state index >= 15 is 0 Å². The van der Waals surface area contributed by atoms with Crippen LogP contribution in [0.2, 0.25) is 0 Å². The molecule has 1 N–H and O–H groups in total. The normalized spacial score (nSPS) is 13.4. The Kier molecular flexibility index (Phi) is 5.55. The second kappa shape index (κ2) is 6.93. The zero-order valence-electron chi connectivity index (χ0n) is 12.3. The number of methoxy groups -OCH3 is 1. The van der Waals surface area contributed by atoms with Crippen molar-refractivity contribution in [3.8, 4) is 5.75 Å². The minimum Gasteiger partial charge on any atom is -0.497 e. The molecule has 5 heteroatoms. The van der Waals surface area contributed by atoms with Gasteiger partial charge in [0.2, 0.25) is 5.91 Å². The molecule has 0 radical (unpaired) electrons. The predicted molar refractivity (Wildman–Crippen MR) is 75.8 cm³/mol. The van der Waals surface area contributed by atoms with E-state index in [1.165, 1.54) is 4.90 Å². The Morgan fingerprint density at radius 1 is 1.35 bits per heavy atom. The number of hydrogen-bond acceptors (Lipinski definition) is 3. The summed E-state index contributed by atoms with van der Waals surface area (Å²) in [5.74, 6) is -1.23. The lowest BCUT2D eigenvalue weighted by Crippen LogP contribution is -2.36. The van der Waals surface area contributed by atoms with Crippen molar-refractivity contribution in [2.75, 3.05) is 20.7 Å². The van der Waals surface area contributed by atoms with Crippen LogP contribution < -0.4 is 4.74 Å². The van der Waals surface area contributed by atoms with E-state index in [0.29, 0.717) is 5.75 Å². The molecule has 0 aromatic heterocycles. The maximum Gasteiger partial charge on any atom is 0.308 e. The summed E-state index contributed by atoms with van der Waals surface area (Å²) in [6, 6.07) is 7.32. The number of nitrogens with zero attached hydrogens (tertiary/aromatic N) is 1. The third-order valence-electron chi connectivity index (χ3n) is 3.31. The van der Waals surface area contributed by atoms with Gasteiger partial charge in [-0.25, -0.2) is 0 Å². The highest BCUT2D eigenvalue weighted by molar-refractivity contribution is 5.83. The quantitative estimate of drug-likeness (QED) is 0.864. The first kappa shape index (κ1) is 16.0. The number of benzene rings is 1. The number of carboxylic acid groups (broad SMARTS) is 1. The van der Waals surface area contributed by atoms with E-state index in [1.54, 1.807) is 28.0 Å². The minimum absolute atomic E-state index is 0.105. The zero-order chi connectivity index (χ0) is 15.3. The van der Waals surface area contributed by atoms with E-state index in [1.807, 2.05) is 24.3 Å². The molecule has 0 fully saturated rings. The van der Waals surface area contributed by atoms with Gasteiger partial charge in [0.1, 0.15) is 5.75 Å². The lowest BCUT2D eigenvalue weighted by molar-refractivity contribution is -0.142. The minimum atomic E-state index is -0.904. The maximum atomic E-state index is 12.3. The van der Waals surface area contributed by atoms with Crippen LogP contribution in [0.5, 0.6) is 5.75 Å². The largest absolute Gasteiger partial charge is 0.497 e. The molecule has 0 spiro atoms. The Hall–Kier alpha value is -2.04. The summed E-state index contributed by atoms with van der Waals surface area (Å²) in [6.07, 6.45) is 0. The van der Waals surface area contributed by atoms with Gasteiger partial charge < -0.3 is 14.7 Å². The number of carbonyl (C=O) groups is 2. The fourth-order valence-electron chi connectivity index (χ4n) is 1.96. The molecule has 110 valence electrons. The van der Waals surface area contributed by atoms with Crippen LogP contribution in [0.1, 0.15) is 25.3 Å². The van der Waals surface area contributed by atoms with Crippen molar-refractivity contribution >= 4 is 11.9 Å². The molecular formula is C15H21NO4. The summed E-state index contributed by atoms with van der Waals surface area (Å²) >= 11 is 0. The molecule has 0 saturated carbocycles. The lowest BCUT2D eigenvalue weighted by atomic mass is 9.99. The van der Waals surface area contributed by atoms with Crippen LogP contribution in [0.15, 0.2) is 24.3 Å². The number of aliphatic carboxylic acids is 1. The second-order valence-electron chi connectivity index (χ2n) is 4.96. The van der Waals surface area contributed by atoms with Gasteiger partial charge in [-0.15, -0.1) is 0 Å². The highest BCUT2D eigenvalue weighted by atomic mass is 16.5. The maximum absolute atomic E-state index is 12.3. The molecule has 20 heavy (non-hydrogen) atoms. The van der Waals surface area contributed by atoms with Crippen LogP contribution in [0, 0.1) is 5.92 Å². The molecule has 0 aliphatic carbocycles. The predicted octanol–water partition coefficient (Wildman–Crippen LogP) is 1.98. The molecule has 2 atom stereocenters. The van der Waals surface area contributed by atoms with Crippen molar-refractivity contribution in [3.63, 3.8) is 0 Å². The fourth-order valence-corrected chi connectivity index (χ4v) is 1.96. The molecule has 1 aromatic carbocycles. The molecular weight excluding hydrogens is 258 g/mol. The Bertz CT molecular complexity index is 487. The molecule has 5 nitrogen and oxygen atoms in total. The topological polar surface area (TPSA) is 66.8 Å². The molecule has 0 aliphatic heterocycles. The van der Waals surface area contributed by atoms with Gasteiger partial charge in [0, 0.05) is 13.6 Å². The molecule has 1 amide bonds. The van der Waals surface area contributed by atoms with Crippen LogP contribution >= 0.6 is 0 Å². The lowest BCUT2D eigenvalue weighted by Gasteiger charge is -2.23. The van der Waals surface area contributed by atoms with Crippen molar-refractivity contribution in [1.29, 1.82) is 0 Å². The first-order chi connectivity index (χ1) is 9.36. The van der Waals surface area contributed by atoms with Crippen molar-refractivity contribution in [2.45, 2.75) is 19.8 Å². The van der Waals surface area contributed by atoms with Crippen LogP contribution in [0.3, 0.4) is 0 Å². The van der Waals surface area contributed by atoms with Crippen LogP contribution in [-0.2, 0) is 9.59 Å². The van der Waals surface area contributed by atoms with Gasteiger partial charge in [0.15, 0.2) is 0 Å². The fraction of sp³-hybridized carbons (Fsp3) is 0.467. The van der Waals surface area contributed by atoms with Gasteiger partial charge in [-0.2, -0.15) is 0 Å². The van der Waals surface area contributed by atoms with Gasteiger partial charge in [0.05, 0.1) is 18.9 Å². The number of ether oxygens (including phenoxy) is 1. The summed E-state index contributed by atoms with van der Waals surface area (Å²) in [4.78, 5) is 24.6. The summed E-state index contributed by atoms with van der Waals surface area (Å²) in [7, 11) is 3.20. The first-order valence-electron chi connectivity index (χ1n) is 6.48. The number of carbonyl (C=O) groups excluding carboxylic acids is 1. The second-order valence-corrected chi connectivity index (χ2v) is 4.96. The van der Waals surface area contributed by atoms with Crippen LogP contribution in [0.4, 0.5) is 0 Å². The average molecular weight is 279 g/mol. The highest BCUT2D eigenvalue weighted by Crippen LogP contribution is 2.22. The number of amides is 1. The number of likely N-dealkylation sites (N-methyl/N-ethyl adjacent to an activating group) is 1. The number of rotatable bonds is 6. The Morgan fingerprint density at radius 3 is 2.55 bits per heavy atom. The molecule has 2 unspecified atom stereocenters. The molecule has 1 aromatic rings. The Labute approximate surface area is 119 Å². The molecule has 1 rings (SSSR count). The van der Waals surface area contributed by atoms with Gasteiger partial charge in [-0.3, -0.25) is 9.59 Å². The van der Waals surface area contributed by atoms with Gasteiger partial charge in [-0.1, -0.05) is 19.1 Å². The smallest absolute Gasteiger partial charge is 0.308 e. The average Bonchev–Trinajstić information content (AvgIpc) is 2.45. The highest BCUT2D eigenvalue weighted by Gasteiger charge is 2.22. The summed E-state index contributed by atoms with van der Waals surface area (Å²) in [6.45, 7) is 3.59. The SMILES string of the molecule is COc1cccc(C(C)C(=O)N(C)CC(C)C(=O)O)c1. The van der Waals surface area contributed by atoms with E-state index in [-0.39, 0.29) is 18.4 Å². The number of hydrogen-bond donors (Lipinski definition) is 1. The van der Waals surface area contributed by atoms with Gasteiger partial charge >= 0.3 is 5.97 Å². The van der Waals surface area contributed by atoms with E-state index in [0.717, 1.165) is 5.56 Å². The molecule has 0 saturated heterocycles. The summed E-state index contributed by atoms with van der Waals surface area (Å²) in [5, 5.41) is 8.88. The van der Waals surface area contributed by atoms with Crippen LogP contribution in [0.25, 0.3) is 0 Å². The molecule has 0 bridgehead atoms. The standard InChI is InChI=1S/C15H21NO4/c1-10(15(18)19)9-16(3)14(17)11(2)12-6-5-7-13(8-12)20-4/h5-8,10-11H,9H2,1-4H3,(H,18,19). The van der Waals surface area contributed by atoms with Crippen molar-refractivity contribution < 1.29 is 19.4 Å². The van der Waals surface area contributed by atoms with E-state index in [2.05, 4.69) is 0 Å². The zero-order valence-corrected chi connectivity index (χ0v) is 12.3. The third kappa shape index (κ3) is 3.98. The van der Waals surface area contributed by atoms with Crippen molar-refractivity contribution in [3.05, 3.63) is 29.8 Å². The van der Waals surface area contributed by atoms with Gasteiger partial charge in [0.25, 0.3) is 0 Å². The van der Waals surface area contributed by atoms with Crippen molar-refractivity contribution in [1.82, 2.24) is 4.90 Å². The monoisotopic (exact) mass is 279 g/mol. The summed E-state index contributed by atoms with van der Waals surface area (Å²) < 4.78 is 5.14. The van der Waals surface area contributed by atoms with Gasteiger partial charge in [-0.05, 0) is 24.6 Å². The Balaban J connectivity index is 2.77.